The van der Waals surface area contributed by atoms with Crippen molar-refractivity contribution in [3.63, 3.8) is 0 Å². The van der Waals surface area contributed by atoms with Gasteiger partial charge >= 0.3 is 0 Å². The van der Waals surface area contributed by atoms with Crippen LogP contribution < -0.4 is 4.72 Å². The van der Waals surface area contributed by atoms with Gasteiger partial charge in [-0.2, -0.15) is 0 Å². The molecule has 2 N–H and O–H groups in total. The van der Waals surface area contributed by atoms with Crippen molar-refractivity contribution in [1.82, 2.24) is 0 Å². The molecule has 1 unspecified atom stereocenters. The van der Waals surface area contributed by atoms with Crippen LogP contribution in [0.5, 0.6) is 0 Å². The monoisotopic (exact) mass is 347 g/mol. The lowest BCUT2D eigenvalue weighted by Crippen LogP contribution is -2.25. The predicted molar refractivity (Wildman–Crippen MR) is 99.3 cm³/mol. The molecule has 2 aromatic rings. The molecule has 0 saturated carbocycles. The number of hydrogen-bond donors (Lipinski definition) is 2. The van der Waals surface area contributed by atoms with Crippen molar-refractivity contribution in [2.75, 3.05) is 4.72 Å². The van der Waals surface area contributed by atoms with E-state index in [0.717, 1.165) is 29.5 Å². The van der Waals surface area contributed by atoms with Gasteiger partial charge in [0.1, 0.15) is 0 Å². The number of aliphatic hydroxyl groups is 1. The minimum Gasteiger partial charge on any atom is -0.392 e. The summed E-state index contributed by atoms with van der Waals surface area (Å²) in [5, 5.41) is 8.72. The number of para-hydroxylation sites is 1. The van der Waals surface area contributed by atoms with Gasteiger partial charge in [0.25, 0.3) is 0 Å². The second-order valence-corrected chi connectivity index (χ2v) is 8.10. The molecule has 2 rings (SSSR count). The summed E-state index contributed by atoms with van der Waals surface area (Å²) in [6.07, 6.45) is 2.53. The van der Waals surface area contributed by atoms with Crippen LogP contribution >= 0.6 is 0 Å². The van der Waals surface area contributed by atoms with Gasteiger partial charge in [-0.25, -0.2) is 8.42 Å². The normalized spacial score (nSPS) is 12.8. The third kappa shape index (κ3) is 4.58. The Morgan fingerprint density at radius 1 is 1.08 bits per heavy atom. The highest BCUT2D eigenvalue weighted by atomic mass is 32.2. The molecule has 0 amide bonds. The maximum atomic E-state index is 12.5. The number of nitrogens with one attached hydrogen (secondary N) is 1. The summed E-state index contributed by atoms with van der Waals surface area (Å²) < 4.78 is 27.8. The number of anilines is 1. The Morgan fingerprint density at radius 3 is 2.38 bits per heavy atom. The van der Waals surface area contributed by atoms with E-state index in [1.807, 2.05) is 42.5 Å². The topological polar surface area (TPSA) is 66.4 Å². The molecule has 0 saturated heterocycles. The number of benzene rings is 2. The summed E-state index contributed by atoms with van der Waals surface area (Å²) >= 11 is 0. The molecule has 0 aliphatic rings. The third-order valence-corrected chi connectivity index (χ3v) is 5.92. The van der Waals surface area contributed by atoms with E-state index in [-0.39, 0.29) is 6.61 Å². The first-order valence-corrected chi connectivity index (χ1v) is 9.83. The van der Waals surface area contributed by atoms with Crippen LogP contribution in [0.3, 0.4) is 0 Å². The van der Waals surface area contributed by atoms with E-state index in [1.54, 1.807) is 13.0 Å². The molecule has 0 heterocycles. The molecule has 2 aromatic carbocycles. The molecule has 0 bridgehead atoms. The van der Waals surface area contributed by atoms with E-state index in [9.17, 15) is 8.42 Å². The molecule has 0 aliphatic carbocycles. The molecule has 5 heteroatoms. The van der Waals surface area contributed by atoms with Crippen LogP contribution in [-0.2, 0) is 16.6 Å². The molecule has 4 nitrogen and oxygen atoms in total. The second-order valence-electron chi connectivity index (χ2n) is 6.00. The van der Waals surface area contributed by atoms with Gasteiger partial charge in [0, 0.05) is 5.56 Å². The molecular weight excluding hydrogens is 322 g/mol. The number of aliphatic hydroxyl groups excluding tert-OH is 1. The van der Waals surface area contributed by atoms with Crippen molar-refractivity contribution in [3.05, 3.63) is 54.1 Å². The van der Waals surface area contributed by atoms with E-state index in [4.69, 9.17) is 5.11 Å². The number of unbranched alkanes of at least 4 members (excludes halogenated alkanes) is 1. The van der Waals surface area contributed by atoms with Gasteiger partial charge in [0.15, 0.2) is 0 Å². The maximum absolute atomic E-state index is 12.5. The first-order valence-electron chi connectivity index (χ1n) is 8.28. The fraction of sp³-hybridized carbons (Fsp3) is 0.368. The van der Waals surface area contributed by atoms with Crippen LogP contribution in [0, 0.1) is 0 Å². The van der Waals surface area contributed by atoms with Crippen LogP contribution in [0.2, 0.25) is 0 Å². The predicted octanol–water partition coefficient (Wildman–Crippen LogP) is 4.17. The average Bonchev–Trinajstić information content (AvgIpc) is 2.60. The standard InChI is InChI=1S/C19H25NO3S/c1-3-4-7-15(2)24(22,23)20-19-9-6-5-8-18(19)17-12-10-16(14-21)11-13-17/h5-6,8-13,15,20-21H,3-4,7,14H2,1-2H3. The van der Waals surface area contributed by atoms with Gasteiger partial charge in [0.05, 0.1) is 17.5 Å². The zero-order valence-corrected chi connectivity index (χ0v) is 15.0. The highest BCUT2D eigenvalue weighted by Crippen LogP contribution is 2.29. The summed E-state index contributed by atoms with van der Waals surface area (Å²) in [7, 11) is -3.42. The minimum atomic E-state index is -3.42. The molecule has 0 spiro atoms. The molecule has 0 aliphatic heterocycles. The van der Waals surface area contributed by atoms with Crippen molar-refractivity contribution in [2.45, 2.75) is 45.0 Å². The Hall–Kier alpha value is -1.85. The van der Waals surface area contributed by atoms with Gasteiger partial charge in [0.2, 0.25) is 10.0 Å². The fourth-order valence-corrected chi connectivity index (χ4v) is 3.68. The zero-order chi connectivity index (χ0) is 17.6. The van der Waals surface area contributed by atoms with E-state index < -0.39 is 15.3 Å². The molecule has 0 radical (unpaired) electrons. The van der Waals surface area contributed by atoms with Gasteiger partial charge in [-0.3, -0.25) is 4.72 Å². The molecule has 0 aromatic heterocycles. The third-order valence-electron chi connectivity index (χ3n) is 4.12. The van der Waals surface area contributed by atoms with Crippen molar-refractivity contribution in [3.8, 4) is 11.1 Å². The van der Waals surface area contributed by atoms with E-state index >= 15 is 0 Å². The van der Waals surface area contributed by atoms with Crippen molar-refractivity contribution < 1.29 is 13.5 Å². The summed E-state index contributed by atoms with van der Waals surface area (Å²) in [5.41, 5.74) is 3.14. The minimum absolute atomic E-state index is 0.0104. The van der Waals surface area contributed by atoms with Gasteiger partial charge < -0.3 is 5.11 Å². The van der Waals surface area contributed by atoms with E-state index in [1.165, 1.54) is 0 Å². The van der Waals surface area contributed by atoms with Crippen LogP contribution in [0.1, 0.15) is 38.7 Å². The SMILES string of the molecule is CCCCC(C)S(=O)(=O)Nc1ccccc1-c1ccc(CO)cc1. The van der Waals surface area contributed by atoms with Crippen LogP contribution in [0.25, 0.3) is 11.1 Å². The average molecular weight is 347 g/mol. The summed E-state index contributed by atoms with van der Waals surface area (Å²) in [5.74, 6) is 0. The highest BCUT2D eigenvalue weighted by Gasteiger charge is 2.21. The van der Waals surface area contributed by atoms with Gasteiger partial charge in [-0.15, -0.1) is 0 Å². The Labute approximate surface area is 144 Å². The van der Waals surface area contributed by atoms with Crippen LogP contribution in [-0.4, -0.2) is 18.8 Å². The molecule has 130 valence electrons. The summed E-state index contributed by atoms with van der Waals surface area (Å²) in [6, 6.07) is 14.8. The molecular formula is C19H25NO3S. The largest absolute Gasteiger partial charge is 0.392 e. The molecule has 0 fully saturated rings. The Balaban J connectivity index is 2.28. The van der Waals surface area contributed by atoms with Crippen molar-refractivity contribution in [1.29, 1.82) is 0 Å². The van der Waals surface area contributed by atoms with Crippen molar-refractivity contribution >= 4 is 15.7 Å². The molecule has 24 heavy (non-hydrogen) atoms. The molecule has 1 atom stereocenters. The zero-order valence-electron chi connectivity index (χ0n) is 14.2. The number of sulfonamides is 1. The fourth-order valence-electron chi connectivity index (χ4n) is 2.51. The highest BCUT2D eigenvalue weighted by molar-refractivity contribution is 7.93. The lowest BCUT2D eigenvalue weighted by Gasteiger charge is -2.17. The van der Waals surface area contributed by atoms with Gasteiger partial charge in [-0.05, 0) is 30.5 Å². The van der Waals surface area contributed by atoms with Crippen molar-refractivity contribution in [2.24, 2.45) is 0 Å². The lowest BCUT2D eigenvalue weighted by atomic mass is 10.0. The second kappa shape index (κ2) is 8.31. The van der Waals surface area contributed by atoms with E-state index in [0.29, 0.717) is 12.1 Å². The Bertz CT molecular complexity index is 754. The maximum Gasteiger partial charge on any atom is 0.235 e. The van der Waals surface area contributed by atoms with Crippen LogP contribution in [0.4, 0.5) is 5.69 Å². The Kier molecular flexibility index (Phi) is 6.40. The first kappa shape index (κ1) is 18.5. The number of rotatable bonds is 8. The van der Waals surface area contributed by atoms with E-state index in [2.05, 4.69) is 11.6 Å². The summed E-state index contributed by atoms with van der Waals surface area (Å²) in [6.45, 7) is 3.79. The van der Waals surface area contributed by atoms with Crippen LogP contribution in [0.15, 0.2) is 48.5 Å². The lowest BCUT2D eigenvalue weighted by molar-refractivity contribution is 0.282. The number of hydrogen-bond acceptors (Lipinski definition) is 3. The van der Waals surface area contributed by atoms with Gasteiger partial charge in [-0.1, -0.05) is 62.2 Å². The quantitative estimate of drug-likeness (QED) is 0.753. The summed E-state index contributed by atoms with van der Waals surface area (Å²) in [4.78, 5) is 0. The Morgan fingerprint density at radius 2 is 1.75 bits per heavy atom. The smallest absolute Gasteiger partial charge is 0.235 e. The first-order chi connectivity index (χ1) is 11.5.